The highest BCUT2D eigenvalue weighted by Gasteiger charge is 2.19. The number of rotatable bonds is 6. The third-order valence-electron chi connectivity index (χ3n) is 3.16. The van der Waals surface area contributed by atoms with Gasteiger partial charge in [-0.3, -0.25) is 0 Å². The molecule has 0 atom stereocenters. The molecule has 2 rings (SSSR count). The van der Waals surface area contributed by atoms with Crippen LogP contribution in [0, 0.1) is 4.91 Å². The van der Waals surface area contributed by atoms with Crippen LogP contribution in [0.15, 0.2) is 76.5 Å². The Hall–Kier alpha value is -3.28. The average Bonchev–Trinajstić information content (AvgIpc) is 2.63. The number of carbonyl (C=O) groups excluding carboxylic acids is 1. The second-order valence-electron chi connectivity index (χ2n) is 4.73. The monoisotopic (exact) mass is 323 g/mol. The van der Waals surface area contributed by atoms with Gasteiger partial charge in [-0.05, 0) is 36.4 Å². The van der Waals surface area contributed by atoms with Gasteiger partial charge in [0.05, 0.1) is 18.0 Å². The van der Waals surface area contributed by atoms with Crippen molar-refractivity contribution in [3.05, 3.63) is 76.8 Å². The number of benzene rings is 2. The van der Waals surface area contributed by atoms with E-state index in [0.29, 0.717) is 17.1 Å². The predicted octanol–water partition coefficient (Wildman–Crippen LogP) is 3.61. The average molecular weight is 323 g/mol. The van der Waals surface area contributed by atoms with Crippen molar-refractivity contribution in [2.75, 3.05) is 6.61 Å². The predicted molar refractivity (Wildman–Crippen MR) is 93.4 cm³/mol. The molecule has 0 spiro atoms. The Labute approximate surface area is 139 Å². The molecule has 0 amide bonds. The molecule has 0 unspecified atom stereocenters. The number of aliphatic imine (C=N–C) groups is 1. The van der Waals surface area contributed by atoms with Crippen molar-refractivity contribution >= 4 is 23.1 Å². The Morgan fingerprint density at radius 2 is 1.71 bits per heavy atom. The first-order valence-electron chi connectivity index (χ1n) is 7.36. The fourth-order valence-corrected chi connectivity index (χ4v) is 2.05. The number of nitrogens with two attached hydrogens (primary N) is 1. The van der Waals surface area contributed by atoms with Crippen LogP contribution >= 0.6 is 0 Å². The number of nitrogens with zero attached hydrogens (tertiary/aromatic N) is 2. The molecule has 24 heavy (non-hydrogen) atoms. The van der Waals surface area contributed by atoms with Crippen LogP contribution in [-0.2, 0) is 9.53 Å². The maximum absolute atomic E-state index is 12.2. The van der Waals surface area contributed by atoms with Gasteiger partial charge in [-0.2, -0.15) is 0 Å². The van der Waals surface area contributed by atoms with E-state index >= 15 is 0 Å². The van der Waals surface area contributed by atoms with Crippen LogP contribution in [-0.4, -0.2) is 18.3 Å². The first-order valence-corrected chi connectivity index (χ1v) is 7.36. The summed E-state index contributed by atoms with van der Waals surface area (Å²) in [4.78, 5) is 27.2. The number of hydrogen-bond acceptors (Lipinski definition) is 6. The van der Waals surface area contributed by atoms with Gasteiger partial charge in [-0.15, -0.1) is 4.91 Å². The highest BCUT2D eigenvalue weighted by Crippen LogP contribution is 2.21. The van der Waals surface area contributed by atoms with E-state index in [1.54, 1.807) is 31.2 Å². The number of nitroso groups, excluding NO2 is 1. The summed E-state index contributed by atoms with van der Waals surface area (Å²) in [5, 5.41) is 2.85. The molecule has 0 aliphatic heterocycles. The summed E-state index contributed by atoms with van der Waals surface area (Å²) in [5.41, 5.74) is 7.78. The molecule has 6 nitrogen and oxygen atoms in total. The van der Waals surface area contributed by atoms with Gasteiger partial charge in [-0.25, -0.2) is 9.79 Å². The van der Waals surface area contributed by atoms with E-state index in [1.807, 2.05) is 30.3 Å². The van der Waals surface area contributed by atoms with E-state index in [0.717, 1.165) is 5.56 Å². The number of ether oxygens (including phenoxy) is 1. The molecule has 2 aromatic rings. The molecular weight excluding hydrogens is 306 g/mol. The number of carbonyl (C=O) groups is 1. The van der Waals surface area contributed by atoms with Crippen LogP contribution in [0.2, 0.25) is 0 Å². The SMILES string of the molecule is CCOC(=O)C(=CN)C(=Nc1ccc(N=O)cc1)c1ccccc1. The molecule has 0 heterocycles. The van der Waals surface area contributed by atoms with Gasteiger partial charge in [-0.1, -0.05) is 30.3 Å². The summed E-state index contributed by atoms with van der Waals surface area (Å²) in [6, 6.07) is 15.5. The smallest absolute Gasteiger partial charge is 0.341 e. The van der Waals surface area contributed by atoms with Gasteiger partial charge in [0.1, 0.15) is 11.3 Å². The lowest BCUT2D eigenvalue weighted by Gasteiger charge is -2.10. The molecule has 0 saturated carbocycles. The van der Waals surface area contributed by atoms with Crippen LogP contribution in [0.25, 0.3) is 0 Å². The van der Waals surface area contributed by atoms with Crippen LogP contribution in [0.5, 0.6) is 0 Å². The standard InChI is InChI=1S/C18H17N3O3/c1-2-24-18(22)16(12-19)17(13-6-4-3-5-7-13)20-14-8-10-15(21-23)11-9-14/h3-12H,2,19H2,1H3. The van der Waals surface area contributed by atoms with Crippen molar-refractivity contribution < 1.29 is 9.53 Å². The first-order chi connectivity index (χ1) is 11.7. The topological polar surface area (TPSA) is 94.1 Å². The largest absolute Gasteiger partial charge is 0.462 e. The van der Waals surface area contributed by atoms with E-state index in [4.69, 9.17) is 10.5 Å². The summed E-state index contributed by atoms with van der Waals surface area (Å²) < 4.78 is 5.05. The summed E-state index contributed by atoms with van der Waals surface area (Å²) in [6.07, 6.45) is 1.19. The molecule has 0 fully saturated rings. The highest BCUT2D eigenvalue weighted by molar-refractivity contribution is 6.27. The molecule has 122 valence electrons. The maximum atomic E-state index is 12.2. The molecule has 2 aromatic carbocycles. The van der Waals surface area contributed by atoms with Crippen LogP contribution in [0.1, 0.15) is 12.5 Å². The van der Waals surface area contributed by atoms with Crippen molar-refractivity contribution in [2.24, 2.45) is 15.9 Å². The fraction of sp³-hybridized carbons (Fsp3) is 0.111. The van der Waals surface area contributed by atoms with E-state index in [2.05, 4.69) is 10.2 Å². The van der Waals surface area contributed by atoms with E-state index < -0.39 is 5.97 Å². The van der Waals surface area contributed by atoms with Gasteiger partial charge in [0, 0.05) is 11.8 Å². The van der Waals surface area contributed by atoms with Crippen LogP contribution in [0.3, 0.4) is 0 Å². The lowest BCUT2D eigenvalue weighted by atomic mass is 10.0. The minimum Gasteiger partial charge on any atom is -0.462 e. The highest BCUT2D eigenvalue weighted by atomic mass is 16.5. The minimum atomic E-state index is -0.547. The first kappa shape index (κ1) is 17.1. The molecular formula is C18H17N3O3. The molecule has 0 aliphatic carbocycles. The zero-order valence-corrected chi connectivity index (χ0v) is 13.2. The minimum absolute atomic E-state index is 0.167. The van der Waals surface area contributed by atoms with E-state index in [9.17, 15) is 9.70 Å². The summed E-state index contributed by atoms with van der Waals surface area (Å²) >= 11 is 0. The van der Waals surface area contributed by atoms with Gasteiger partial charge >= 0.3 is 5.97 Å². The van der Waals surface area contributed by atoms with Crippen molar-refractivity contribution in [1.82, 2.24) is 0 Å². The van der Waals surface area contributed by atoms with E-state index in [-0.39, 0.29) is 12.2 Å². The van der Waals surface area contributed by atoms with Gasteiger partial charge in [0.15, 0.2) is 0 Å². The zero-order chi connectivity index (χ0) is 17.4. The lowest BCUT2D eigenvalue weighted by molar-refractivity contribution is -0.137. The van der Waals surface area contributed by atoms with Gasteiger partial charge in [0.25, 0.3) is 0 Å². The lowest BCUT2D eigenvalue weighted by Crippen LogP contribution is -2.18. The normalized spacial score (nSPS) is 11.9. The Bertz CT molecular complexity index is 766. The number of esters is 1. The molecule has 0 bridgehead atoms. The van der Waals surface area contributed by atoms with Crippen molar-refractivity contribution in [1.29, 1.82) is 0 Å². The quantitative estimate of drug-likeness (QED) is 0.380. The van der Waals surface area contributed by atoms with Gasteiger partial charge in [0.2, 0.25) is 0 Å². The Morgan fingerprint density at radius 3 is 2.25 bits per heavy atom. The second kappa shape index (κ2) is 8.38. The Balaban J connectivity index is 2.51. The zero-order valence-electron chi connectivity index (χ0n) is 13.2. The fourth-order valence-electron chi connectivity index (χ4n) is 2.05. The number of hydrogen-bond donors (Lipinski definition) is 1. The van der Waals surface area contributed by atoms with Crippen molar-refractivity contribution in [3.8, 4) is 0 Å². The van der Waals surface area contributed by atoms with Crippen molar-refractivity contribution in [2.45, 2.75) is 6.92 Å². The molecule has 0 aromatic heterocycles. The maximum Gasteiger partial charge on any atom is 0.341 e. The van der Waals surface area contributed by atoms with Crippen LogP contribution in [0.4, 0.5) is 11.4 Å². The summed E-state index contributed by atoms with van der Waals surface area (Å²) in [6.45, 7) is 1.95. The molecule has 2 N–H and O–H groups in total. The van der Waals surface area contributed by atoms with Gasteiger partial charge < -0.3 is 10.5 Å². The molecule has 0 aliphatic rings. The van der Waals surface area contributed by atoms with Crippen molar-refractivity contribution in [3.63, 3.8) is 0 Å². The molecule has 0 radical (unpaired) electrons. The van der Waals surface area contributed by atoms with Crippen LogP contribution < -0.4 is 5.73 Å². The van der Waals surface area contributed by atoms with E-state index in [1.165, 1.54) is 6.20 Å². The summed E-state index contributed by atoms with van der Waals surface area (Å²) in [5.74, 6) is -0.547. The third kappa shape index (κ3) is 4.13. The Morgan fingerprint density at radius 1 is 1.08 bits per heavy atom. The summed E-state index contributed by atoms with van der Waals surface area (Å²) in [7, 11) is 0. The molecule has 0 saturated heterocycles. The Kier molecular flexibility index (Phi) is 5.96. The molecule has 6 heteroatoms. The second-order valence-corrected chi connectivity index (χ2v) is 4.73. The third-order valence-corrected chi connectivity index (χ3v) is 3.16.